The molecule has 0 amide bonds. The second kappa shape index (κ2) is 9.22. The summed E-state index contributed by atoms with van der Waals surface area (Å²) in [7, 11) is 0. The Balaban J connectivity index is 1.47. The van der Waals surface area contributed by atoms with Gasteiger partial charge in [0.2, 0.25) is 0 Å². The van der Waals surface area contributed by atoms with Crippen molar-refractivity contribution in [1.82, 2.24) is 10.6 Å². The Morgan fingerprint density at radius 3 is 1.32 bits per heavy atom. The molecule has 2 aromatic rings. The van der Waals surface area contributed by atoms with Gasteiger partial charge in [0, 0.05) is 38.0 Å². The molecule has 4 nitrogen and oxygen atoms in total. The summed E-state index contributed by atoms with van der Waals surface area (Å²) in [6, 6.07) is 10.2. The Kier molecular flexibility index (Phi) is 6.59. The van der Waals surface area contributed by atoms with Crippen LogP contribution < -0.4 is 20.1 Å². The standard InChI is InChI=1S/C27H38N2O2/c1-16-7-22(8-17(2)26(16)30-24-11-20(5)28-14-24)13-23-9-18(3)27(19(4)10-23)31-25-12-21(6)29-15-25/h7-10,20-21,24-25,28-29H,11-15H2,1-6H3/t20-,21-,24+,25+/m0/s1. The maximum atomic E-state index is 6.35. The summed E-state index contributed by atoms with van der Waals surface area (Å²) in [4.78, 5) is 0. The molecule has 2 saturated heterocycles. The third-order valence-corrected chi connectivity index (χ3v) is 6.64. The lowest BCUT2D eigenvalue weighted by atomic mass is 9.97. The van der Waals surface area contributed by atoms with Crippen molar-refractivity contribution in [2.75, 3.05) is 13.1 Å². The van der Waals surface area contributed by atoms with Crippen LogP contribution in [0.3, 0.4) is 0 Å². The zero-order valence-electron chi connectivity index (χ0n) is 20.0. The zero-order chi connectivity index (χ0) is 22.1. The molecule has 4 atom stereocenters. The molecule has 0 radical (unpaired) electrons. The minimum Gasteiger partial charge on any atom is -0.488 e. The first-order chi connectivity index (χ1) is 14.8. The number of hydrogen-bond donors (Lipinski definition) is 2. The molecule has 0 aliphatic carbocycles. The van der Waals surface area contributed by atoms with Gasteiger partial charge in [-0.2, -0.15) is 0 Å². The van der Waals surface area contributed by atoms with Crippen LogP contribution in [-0.4, -0.2) is 37.4 Å². The second-order valence-corrected chi connectivity index (χ2v) is 9.86. The molecule has 2 aliphatic rings. The Bertz CT molecular complexity index is 817. The molecule has 31 heavy (non-hydrogen) atoms. The van der Waals surface area contributed by atoms with Crippen LogP contribution in [0.5, 0.6) is 11.5 Å². The normalized spacial score (nSPS) is 25.7. The van der Waals surface area contributed by atoms with E-state index in [1.54, 1.807) is 0 Å². The van der Waals surface area contributed by atoms with Crippen molar-refractivity contribution in [3.05, 3.63) is 57.6 Å². The zero-order valence-corrected chi connectivity index (χ0v) is 20.0. The summed E-state index contributed by atoms with van der Waals surface area (Å²) in [5.41, 5.74) is 7.58. The summed E-state index contributed by atoms with van der Waals surface area (Å²) in [5.74, 6) is 2.11. The molecule has 0 spiro atoms. The van der Waals surface area contributed by atoms with Crippen LogP contribution >= 0.6 is 0 Å². The maximum absolute atomic E-state index is 6.35. The van der Waals surface area contributed by atoms with Crippen molar-refractivity contribution in [1.29, 1.82) is 0 Å². The number of hydrogen-bond acceptors (Lipinski definition) is 4. The lowest BCUT2D eigenvalue weighted by molar-refractivity contribution is 0.217. The summed E-state index contributed by atoms with van der Waals surface area (Å²) < 4.78 is 12.7. The molecular weight excluding hydrogens is 384 g/mol. The fourth-order valence-electron chi connectivity index (χ4n) is 5.19. The van der Waals surface area contributed by atoms with Gasteiger partial charge >= 0.3 is 0 Å². The molecular formula is C27H38N2O2. The van der Waals surface area contributed by atoms with Crippen molar-refractivity contribution in [2.45, 2.75) is 85.1 Å². The molecule has 2 fully saturated rings. The first-order valence-corrected chi connectivity index (χ1v) is 11.8. The lowest BCUT2D eigenvalue weighted by Crippen LogP contribution is -2.21. The summed E-state index contributed by atoms with van der Waals surface area (Å²) in [6.07, 6.45) is 3.61. The van der Waals surface area contributed by atoms with E-state index in [9.17, 15) is 0 Å². The number of benzene rings is 2. The van der Waals surface area contributed by atoms with Gasteiger partial charge in [-0.15, -0.1) is 0 Å². The van der Waals surface area contributed by atoms with Gasteiger partial charge in [-0.3, -0.25) is 0 Å². The largest absolute Gasteiger partial charge is 0.488 e. The predicted octanol–water partition coefficient (Wildman–Crippen LogP) is 4.77. The lowest BCUT2D eigenvalue weighted by Gasteiger charge is -2.20. The highest BCUT2D eigenvalue weighted by atomic mass is 16.5. The van der Waals surface area contributed by atoms with Crippen molar-refractivity contribution < 1.29 is 9.47 Å². The average Bonchev–Trinajstić information content (AvgIpc) is 3.29. The van der Waals surface area contributed by atoms with Gasteiger partial charge in [0.1, 0.15) is 23.7 Å². The van der Waals surface area contributed by atoms with Crippen LogP contribution in [0, 0.1) is 27.7 Å². The Labute approximate surface area is 187 Å². The van der Waals surface area contributed by atoms with Gasteiger partial charge in [-0.25, -0.2) is 0 Å². The summed E-state index contributed by atoms with van der Waals surface area (Å²) in [5, 5.41) is 6.95. The monoisotopic (exact) mass is 422 g/mol. The van der Waals surface area contributed by atoms with E-state index >= 15 is 0 Å². The average molecular weight is 423 g/mol. The minimum atomic E-state index is 0.272. The van der Waals surface area contributed by atoms with Crippen LogP contribution in [0.15, 0.2) is 24.3 Å². The Morgan fingerprint density at radius 2 is 1.03 bits per heavy atom. The molecule has 168 valence electrons. The topological polar surface area (TPSA) is 42.5 Å². The molecule has 2 heterocycles. The molecule has 2 aliphatic heterocycles. The van der Waals surface area contributed by atoms with Gasteiger partial charge < -0.3 is 20.1 Å². The second-order valence-electron chi connectivity index (χ2n) is 9.86. The molecule has 2 N–H and O–H groups in total. The molecule has 0 saturated carbocycles. The summed E-state index contributed by atoms with van der Waals surface area (Å²) in [6.45, 7) is 15.0. The predicted molar refractivity (Wildman–Crippen MR) is 128 cm³/mol. The van der Waals surface area contributed by atoms with E-state index in [0.717, 1.165) is 43.9 Å². The van der Waals surface area contributed by atoms with Gasteiger partial charge in [-0.1, -0.05) is 24.3 Å². The number of nitrogens with one attached hydrogen (secondary N) is 2. The van der Waals surface area contributed by atoms with Gasteiger partial charge in [-0.05, 0) is 81.3 Å². The highest BCUT2D eigenvalue weighted by molar-refractivity contribution is 5.48. The van der Waals surface area contributed by atoms with E-state index in [0.29, 0.717) is 12.1 Å². The van der Waals surface area contributed by atoms with Gasteiger partial charge in [0.25, 0.3) is 0 Å². The molecule has 0 aromatic heterocycles. The fourth-order valence-corrected chi connectivity index (χ4v) is 5.19. The van der Waals surface area contributed by atoms with E-state index < -0.39 is 0 Å². The van der Waals surface area contributed by atoms with E-state index in [2.05, 4.69) is 76.4 Å². The third kappa shape index (κ3) is 5.24. The molecule has 2 aromatic carbocycles. The quantitative estimate of drug-likeness (QED) is 0.704. The van der Waals surface area contributed by atoms with Crippen LogP contribution in [0.1, 0.15) is 60.1 Å². The van der Waals surface area contributed by atoms with Crippen LogP contribution in [0.25, 0.3) is 0 Å². The van der Waals surface area contributed by atoms with E-state index in [-0.39, 0.29) is 12.2 Å². The number of aryl methyl sites for hydroxylation is 4. The first kappa shape index (κ1) is 22.2. The van der Waals surface area contributed by atoms with Crippen molar-refractivity contribution in [2.24, 2.45) is 0 Å². The van der Waals surface area contributed by atoms with Gasteiger partial charge in [0.15, 0.2) is 0 Å². The van der Waals surface area contributed by atoms with Crippen molar-refractivity contribution in [3.63, 3.8) is 0 Å². The highest BCUT2D eigenvalue weighted by Crippen LogP contribution is 2.31. The van der Waals surface area contributed by atoms with Crippen LogP contribution in [0.2, 0.25) is 0 Å². The minimum absolute atomic E-state index is 0.272. The maximum Gasteiger partial charge on any atom is 0.125 e. The SMILES string of the molecule is Cc1cc(Cc2cc(C)c(O[C@H]3CN[C@@H](C)C3)c(C)c2)cc(C)c1O[C@H]1CN[C@@H](C)C1. The summed E-state index contributed by atoms with van der Waals surface area (Å²) >= 11 is 0. The fraction of sp³-hybridized carbons (Fsp3) is 0.556. The van der Waals surface area contributed by atoms with Crippen molar-refractivity contribution >= 4 is 0 Å². The molecule has 0 bridgehead atoms. The van der Waals surface area contributed by atoms with Crippen LogP contribution in [-0.2, 0) is 6.42 Å². The highest BCUT2D eigenvalue weighted by Gasteiger charge is 2.24. The van der Waals surface area contributed by atoms with E-state index in [4.69, 9.17) is 9.47 Å². The first-order valence-electron chi connectivity index (χ1n) is 11.8. The Hall–Kier alpha value is -2.04. The van der Waals surface area contributed by atoms with Crippen LogP contribution in [0.4, 0.5) is 0 Å². The van der Waals surface area contributed by atoms with E-state index in [1.807, 2.05) is 0 Å². The molecule has 0 unspecified atom stereocenters. The number of rotatable bonds is 6. The van der Waals surface area contributed by atoms with Gasteiger partial charge in [0.05, 0.1) is 0 Å². The molecule has 4 rings (SSSR count). The van der Waals surface area contributed by atoms with Crippen molar-refractivity contribution in [3.8, 4) is 11.5 Å². The molecule has 4 heteroatoms. The number of ether oxygens (including phenoxy) is 2. The smallest absolute Gasteiger partial charge is 0.125 e. The third-order valence-electron chi connectivity index (χ3n) is 6.64. The van der Waals surface area contributed by atoms with E-state index in [1.165, 1.54) is 33.4 Å². The Morgan fingerprint density at radius 1 is 0.677 bits per heavy atom.